The highest BCUT2D eigenvalue weighted by Crippen LogP contribution is 2.39. The van der Waals surface area contributed by atoms with Crippen LogP contribution >= 0.6 is 12.2 Å². The lowest BCUT2D eigenvalue weighted by Crippen LogP contribution is -2.32. The van der Waals surface area contributed by atoms with Gasteiger partial charge in [-0.15, -0.1) is 0 Å². The maximum absolute atomic E-state index is 11.7. The summed E-state index contributed by atoms with van der Waals surface area (Å²) < 4.78 is 6.99. The first-order valence-electron chi connectivity index (χ1n) is 9.04. The van der Waals surface area contributed by atoms with Gasteiger partial charge in [0.1, 0.15) is 0 Å². The fourth-order valence-corrected chi connectivity index (χ4v) is 3.66. The number of carbonyl (C=O) groups is 1. The molecule has 0 aliphatic carbocycles. The Kier molecular flexibility index (Phi) is 5.51. The van der Waals surface area contributed by atoms with E-state index in [1.165, 1.54) is 7.11 Å². The van der Waals surface area contributed by atoms with Crippen molar-refractivity contribution in [2.45, 2.75) is 44.8 Å². The van der Waals surface area contributed by atoms with Crippen molar-refractivity contribution >= 4 is 23.3 Å². The average Bonchev–Trinajstić information content (AvgIpc) is 3.25. The summed E-state index contributed by atoms with van der Waals surface area (Å²) in [6.07, 6.45) is 6.31. The molecule has 2 atom stereocenters. The van der Waals surface area contributed by atoms with E-state index >= 15 is 0 Å². The van der Waals surface area contributed by atoms with Crippen LogP contribution in [-0.2, 0) is 15.1 Å². The predicted molar refractivity (Wildman–Crippen MR) is 108 cm³/mol. The Balaban J connectivity index is 1.96. The van der Waals surface area contributed by atoms with Crippen LogP contribution in [0.5, 0.6) is 0 Å². The minimum atomic E-state index is -0.245. The molecule has 6 nitrogen and oxygen atoms in total. The average molecular weight is 387 g/mol. The largest absolute Gasteiger partial charge is 0.469 e. The summed E-state index contributed by atoms with van der Waals surface area (Å²) in [6, 6.07) is 7.87. The number of carbonyl (C=O) groups excluding carboxylic acids is 1. The molecule has 0 spiro atoms. The van der Waals surface area contributed by atoms with Gasteiger partial charge >= 0.3 is 5.97 Å². The fraction of sp³-hybridized carbons (Fsp3) is 0.450. The van der Waals surface area contributed by atoms with Gasteiger partial charge in [-0.1, -0.05) is 6.07 Å². The highest BCUT2D eigenvalue weighted by Gasteiger charge is 2.40. The number of hydrogen-bond acceptors (Lipinski definition) is 4. The third-order valence-corrected chi connectivity index (χ3v) is 5.17. The van der Waals surface area contributed by atoms with Crippen LogP contribution in [0.2, 0.25) is 0 Å². The zero-order valence-electron chi connectivity index (χ0n) is 16.2. The van der Waals surface area contributed by atoms with Gasteiger partial charge in [0, 0.05) is 30.7 Å². The predicted octanol–water partition coefficient (Wildman–Crippen LogP) is 3.17. The Morgan fingerprint density at radius 3 is 2.70 bits per heavy atom. The lowest BCUT2D eigenvalue weighted by Gasteiger charge is -2.27. The molecule has 1 aliphatic rings. The van der Waals surface area contributed by atoms with Crippen LogP contribution in [0, 0.1) is 0 Å². The van der Waals surface area contributed by atoms with Crippen LogP contribution in [0.1, 0.15) is 50.5 Å². The molecular weight excluding hydrogens is 360 g/mol. The molecule has 27 heavy (non-hydrogen) atoms. The summed E-state index contributed by atoms with van der Waals surface area (Å²) in [5.74, 6) is -0.245. The number of nitrogens with one attached hydrogen (secondary N) is 1. The first kappa shape index (κ1) is 19.4. The Morgan fingerprint density at radius 2 is 2.11 bits per heavy atom. The van der Waals surface area contributed by atoms with Gasteiger partial charge in [0.25, 0.3) is 0 Å². The molecule has 0 amide bonds. The summed E-state index contributed by atoms with van der Waals surface area (Å²) in [4.78, 5) is 18.3. The van der Waals surface area contributed by atoms with E-state index in [0.717, 1.165) is 11.3 Å². The minimum Gasteiger partial charge on any atom is -0.469 e. The van der Waals surface area contributed by atoms with E-state index < -0.39 is 0 Å². The van der Waals surface area contributed by atoms with Gasteiger partial charge in [0.05, 0.1) is 31.3 Å². The quantitative estimate of drug-likeness (QED) is 0.629. The Bertz CT molecular complexity index is 813. The second kappa shape index (κ2) is 7.68. The molecule has 1 saturated heterocycles. The SMILES string of the molecule is COC(=O)CCN1C(=S)NC(c2ccccn2)C1c1ccn(C(C)(C)C)c1. The van der Waals surface area contributed by atoms with Crippen LogP contribution in [0.25, 0.3) is 0 Å². The van der Waals surface area contributed by atoms with Crippen molar-refractivity contribution in [2.24, 2.45) is 0 Å². The van der Waals surface area contributed by atoms with Crippen molar-refractivity contribution in [1.82, 2.24) is 19.8 Å². The summed E-state index contributed by atoms with van der Waals surface area (Å²) >= 11 is 5.59. The molecule has 0 aromatic carbocycles. The molecular formula is C20H26N4O2S. The first-order valence-corrected chi connectivity index (χ1v) is 9.45. The van der Waals surface area contributed by atoms with Crippen molar-refractivity contribution < 1.29 is 9.53 Å². The molecule has 2 unspecified atom stereocenters. The van der Waals surface area contributed by atoms with Crippen LogP contribution in [0.15, 0.2) is 42.9 Å². The van der Waals surface area contributed by atoms with Crippen molar-refractivity contribution in [3.63, 3.8) is 0 Å². The molecule has 0 bridgehead atoms. The topological polar surface area (TPSA) is 59.4 Å². The highest BCUT2D eigenvalue weighted by atomic mass is 32.1. The molecule has 144 valence electrons. The van der Waals surface area contributed by atoms with Gasteiger partial charge in [-0.3, -0.25) is 9.78 Å². The zero-order chi connectivity index (χ0) is 19.6. The number of hydrogen-bond donors (Lipinski definition) is 1. The van der Waals surface area contributed by atoms with E-state index in [1.54, 1.807) is 6.20 Å². The van der Waals surface area contributed by atoms with Gasteiger partial charge in [-0.05, 0) is 56.8 Å². The molecule has 2 aromatic rings. The van der Waals surface area contributed by atoms with E-state index in [2.05, 4.69) is 59.0 Å². The van der Waals surface area contributed by atoms with Gasteiger partial charge in [0.15, 0.2) is 5.11 Å². The maximum Gasteiger partial charge on any atom is 0.307 e. The second-order valence-electron chi connectivity index (χ2n) is 7.67. The normalized spacial score (nSPS) is 19.9. The van der Waals surface area contributed by atoms with Crippen molar-refractivity contribution in [3.8, 4) is 0 Å². The standard InChI is InChI=1S/C20H26N4O2S/c1-20(2,3)23-11-8-14(13-23)18-17(15-7-5-6-10-21-15)22-19(27)24(18)12-9-16(25)26-4/h5-8,10-11,13,17-18H,9,12H2,1-4H3,(H,22,27). The van der Waals surface area contributed by atoms with E-state index in [-0.39, 0.29) is 30.0 Å². The molecule has 3 heterocycles. The van der Waals surface area contributed by atoms with Crippen LogP contribution in [0.4, 0.5) is 0 Å². The first-order chi connectivity index (χ1) is 12.8. The van der Waals surface area contributed by atoms with Crippen molar-refractivity contribution in [3.05, 3.63) is 54.1 Å². The zero-order valence-corrected chi connectivity index (χ0v) is 17.0. The highest BCUT2D eigenvalue weighted by molar-refractivity contribution is 7.80. The van der Waals surface area contributed by atoms with Crippen LogP contribution in [0.3, 0.4) is 0 Å². The molecule has 7 heteroatoms. The second-order valence-corrected chi connectivity index (χ2v) is 8.06. The number of aromatic nitrogens is 2. The molecule has 0 radical (unpaired) electrons. The lowest BCUT2D eigenvalue weighted by molar-refractivity contribution is -0.140. The van der Waals surface area contributed by atoms with E-state index in [0.29, 0.717) is 11.7 Å². The number of rotatable bonds is 5. The van der Waals surface area contributed by atoms with Gasteiger partial charge in [-0.2, -0.15) is 0 Å². The molecule has 1 fully saturated rings. The Hall–Kier alpha value is -2.41. The van der Waals surface area contributed by atoms with Crippen molar-refractivity contribution in [1.29, 1.82) is 0 Å². The smallest absolute Gasteiger partial charge is 0.307 e. The Labute approximate surface area is 165 Å². The lowest BCUT2D eigenvalue weighted by atomic mass is 9.99. The number of pyridine rings is 1. The van der Waals surface area contributed by atoms with Gasteiger partial charge < -0.3 is 19.5 Å². The van der Waals surface area contributed by atoms with Crippen LogP contribution < -0.4 is 5.32 Å². The summed E-state index contributed by atoms with van der Waals surface area (Å²) in [5.41, 5.74) is 2.05. The van der Waals surface area contributed by atoms with Crippen molar-refractivity contribution in [2.75, 3.05) is 13.7 Å². The maximum atomic E-state index is 11.7. The number of thiocarbonyl (C=S) groups is 1. The molecule has 3 rings (SSSR count). The fourth-order valence-electron chi connectivity index (χ4n) is 3.33. The van der Waals surface area contributed by atoms with E-state index in [4.69, 9.17) is 17.0 Å². The third kappa shape index (κ3) is 4.13. The minimum absolute atomic E-state index is 0.0118. The summed E-state index contributed by atoms with van der Waals surface area (Å²) in [6.45, 7) is 6.99. The third-order valence-electron chi connectivity index (χ3n) is 4.81. The number of ether oxygens (including phenoxy) is 1. The van der Waals surface area contributed by atoms with E-state index in [9.17, 15) is 4.79 Å². The summed E-state index contributed by atoms with van der Waals surface area (Å²) in [7, 11) is 1.40. The van der Waals surface area contributed by atoms with Gasteiger partial charge in [0.2, 0.25) is 0 Å². The molecule has 2 aromatic heterocycles. The number of methoxy groups -OCH3 is 1. The molecule has 1 aliphatic heterocycles. The molecule has 0 saturated carbocycles. The molecule has 1 N–H and O–H groups in total. The Morgan fingerprint density at radius 1 is 1.33 bits per heavy atom. The van der Waals surface area contributed by atoms with E-state index in [1.807, 2.05) is 18.2 Å². The summed E-state index contributed by atoms with van der Waals surface area (Å²) in [5, 5.41) is 4.02. The van der Waals surface area contributed by atoms with Gasteiger partial charge in [-0.25, -0.2) is 0 Å². The number of nitrogens with zero attached hydrogens (tertiary/aromatic N) is 3. The number of esters is 1. The monoisotopic (exact) mass is 386 g/mol. The van der Waals surface area contributed by atoms with Crippen LogP contribution in [-0.4, -0.2) is 39.2 Å².